The Morgan fingerprint density at radius 3 is 2.27 bits per heavy atom. The predicted octanol–water partition coefficient (Wildman–Crippen LogP) is 5.24. The molecule has 1 aliphatic heterocycles. The lowest BCUT2D eigenvalue weighted by molar-refractivity contribution is -0.137. The first-order valence-corrected chi connectivity index (χ1v) is 11.8. The third-order valence-corrected chi connectivity index (χ3v) is 6.35. The smallest absolute Gasteiger partial charge is 0.352 e. The van der Waals surface area contributed by atoms with Gasteiger partial charge in [0.2, 0.25) is 0 Å². The van der Waals surface area contributed by atoms with E-state index in [4.69, 9.17) is 16.6 Å². The molecule has 1 aliphatic rings. The second-order valence-corrected chi connectivity index (χ2v) is 8.76. The van der Waals surface area contributed by atoms with E-state index in [1.54, 1.807) is 47.8 Å². The quantitative estimate of drug-likeness (QED) is 0.364. The van der Waals surface area contributed by atoms with Crippen LogP contribution in [0.3, 0.4) is 0 Å². The highest BCUT2D eigenvalue weighted by molar-refractivity contribution is 6.33. The van der Waals surface area contributed by atoms with E-state index in [1.165, 1.54) is 18.3 Å². The molecule has 11 heteroatoms. The minimum atomic E-state index is -4.44. The predicted molar refractivity (Wildman–Crippen MR) is 133 cm³/mol. The van der Waals surface area contributed by atoms with Crippen molar-refractivity contribution in [2.24, 2.45) is 0 Å². The van der Waals surface area contributed by atoms with E-state index < -0.39 is 11.7 Å². The molecule has 4 aromatic rings. The Morgan fingerprint density at radius 1 is 0.865 bits per heavy atom. The van der Waals surface area contributed by atoms with Crippen LogP contribution in [0.1, 0.15) is 16.1 Å². The van der Waals surface area contributed by atoms with Gasteiger partial charge in [0.1, 0.15) is 17.2 Å². The number of alkyl halides is 3. The number of hydrogen-bond acceptors (Lipinski definition) is 6. The molecule has 4 heterocycles. The summed E-state index contributed by atoms with van der Waals surface area (Å²) in [5, 5.41) is 0.341. The van der Waals surface area contributed by atoms with E-state index in [-0.39, 0.29) is 5.91 Å². The minimum absolute atomic E-state index is 0.131. The number of aromatic nitrogens is 4. The van der Waals surface area contributed by atoms with Gasteiger partial charge < -0.3 is 9.80 Å². The lowest BCUT2D eigenvalue weighted by Gasteiger charge is -2.35. The number of carbonyl (C=O) groups is 1. The molecule has 1 aromatic carbocycles. The summed E-state index contributed by atoms with van der Waals surface area (Å²) in [6, 6.07) is 11.7. The summed E-state index contributed by atoms with van der Waals surface area (Å²) in [6.07, 6.45) is 1.77. The fourth-order valence-corrected chi connectivity index (χ4v) is 4.31. The normalized spacial score (nSPS) is 14.1. The van der Waals surface area contributed by atoms with Crippen LogP contribution in [0.25, 0.3) is 22.5 Å². The van der Waals surface area contributed by atoms with Gasteiger partial charge in [0.05, 0.1) is 22.5 Å². The minimum Gasteiger partial charge on any atom is -0.352 e. The molecule has 1 amide bonds. The summed E-state index contributed by atoms with van der Waals surface area (Å²) >= 11 is 6.41. The number of pyridine rings is 2. The molecule has 3 aromatic heterocycles. The van der Waals surface area contributed by atoms with Gasteiger partial charge >= 0.3 is 6.18 Å². The zero-order valence-corrected chi connectivity index (χ0v) is 20.1. The maximum absolute atomic E-state index is 13.1. The molecule has 5 rings (SSSR count). The molecular formula is C26H20ClF3N6O. The van der Waals surface area contributed by atoms with Crippen molar-refractivity contribution in [1.82, 2.24) is 24.8 Å². The van der Waals surface area contributed by atoms with Gasteiger partial charge in [-0.25, -0.2) is 4.98 Å². The average Bonchev–Trinajstić information content (AvgIpc) is 2.93. The van der Waals surface area contributed by atoms with Crippen LogP contribution in [0.5, 0.6) is 0 Å². The van der Waals surface area contributed by atoms with Gasteiger partial charge in [-0.15, -0.1) is 0 Å². The van der Waals surface area contributed by atoms with Crippen molar-refractivity contribution in [3.05, 3.63) is 89.6 Å². The van der Waals surface area contributed by atoms with E-state index in [9.17, 15) is 18.0 Å². The maximum Gasteiger partial charge on any atom is 0.416 e. The zero-order chi connectivity index (χ0) is 26.0. The zero-order valence-electron chi connectivity index (χ0n) is 19.4. The van der Waals surface area contributed by atoms with Crippen molar-refractivity contribution >= 4 is 23.3 Å². The number of halogens is 4. The highest BCUT2D eigenvalue weighted by Gasteiger charge is 2.30. The molecule has 0 N–H and O–H groups in total. The highest BCUT2D eigenvalue weighted by atomic mass is 35.5. The first-order valence-electron chi connectivity index (χ1n) is 11.4. The summed E-state index contributed by atoms with van der Waals surface area (Å²) in [6.45, 7) is 2.00. The number of hydrogen-bond donors (Lipinski definition) is 0. The lowest BCUT2D eigenvalue weighted by Crippen LogP contribution is -2.49. The summed E-state index contributed by atoms with van der Waals surface area (Å²) < 4.78 is 39.2. The second-order valence-electron chi connectivity index (χ2n) is 8.35. The van der Waals surface area contributed by atoms with Crippen LogP contribution in [-0.2, 0) is 6.18 Å². The number of rotatable bonds is 4. The van der Waals surface area contributed by atoms with Crippen LogP contribution in [0.4, 0.5) is 19.0 Å². The Morgan fingerprint density at radius 2 is 1.62 bits per heavy atom. The van der Waals surface area contributed by atoms with Gasteiger partial charge in [-0.1, -0.05) is 29.8 Å². The van der Waals surface area contributed by atoms with Crippen molar-refractivity contribution < 1.29 is 18.0 Å². The monoisotopic (exact) mass is 524 g/mol. The third-order valence-electron chi connectivity index (χ3n) is 6.05. The Labute approximate surface area is 215 Å². The van der Waals surface area contributed by atoms with Gasteiger partial charge in [-0.05, 0) is 30.3 Å². The van der Waals surface area contributed by atoms with E-state index in [0.717, 1.165) is 12.1 Å². The largest absolute Gasteiger partial charge is 0.416 e. The van der Waals surface area contributed by atoms with Crippen LogP contribution in [0, 0.1) is 0 Å². The average molecular weight is 525 g/mol. The number of nitrogens with zero attached hydrogens (tertiary/aromatic N) is 6. The molecule has 188 valence electrons. The van der Waals surface area contributed by atoms with Gasteiger partial charge in [-0.3, -0.25) is 19.7 Å². The fourth-order valence-electron chi connectivity index (χ4n) is 4.11. The van der Waals surface area contributed by atoms with Crippen molar-refractivity contribution in [2.45, 2.75) is 6.18 Å². The Hall–Kier alpha value is -4.05. The van der Waals surface area contributed by atoms with Crippen LogP contribution in [-0.4, -0.2) is 56.9 Å². The molecule has 1 fully saturated rings. The molecule has 0 atom stereocenters. The molecule has 0 bridgehead atoms. The maximum atomic E-state index is 13.1. The van der Waals surface area contributed by atoms with E-state index in [0.29, 0.717) is 65.2 Å². The molecule has 0 radical (unpaired) electrons. The van der Waals surface area contributed by atoms with Crippen LogP contribution in [0.15, 0.2) is 73.3 Å². The van der Waals surface area contributed by atoms with E-state index >= 15 is 0 Å². The van der Waals surface area contributed by atoms with E-state index in [2.05, 4.69) is 15.0 Å². The number of piperazine rings is 1. The summed E-state index contributed by atoms with van der Waals surface area (Å²) in [5.41, 5.74) is 1.51. The molecule has 7 nitrogen and oxygen atoms in total. The standard InChI is InChI=1S/C26H20ClF3N6O/c27-20-15-31-10-8-19(20)24-23(17-4-6-18(7-5-17)26(28,29)30)33-16-22(34-24)35-11-13-36(14-12-35)25(37)21-3-1-2-9-32-21/h1-10,15-16H,11-14H2. The molecule has 1 saturated heterocycles. The summed E-state index contributed by atoms with van der Waals surface area (Å²) in [5.74, 6) is 0.441. The first-order chi connectivity index (χ1) is 17.8. The second kappa shape index (κ2) is 10.1. The molecule has 0 saturated carbocycles. The van der Waals surface area contributed by atoms with Crippen molar-refractivity contribution in [3.63, 3.8) is 0 Å². The molecule has 0 aliphatic carbocycles. The first kappa shape index (κ1) is 24.6. The van der Waals surface area contributed by atoms with Gasteiger partial charge in [0.25, 0.3) is 5.91 Å². The van der Waals surface area contributed by atoms with Gasteiger partial charge in [-0.2, -0.15) is 13.2 Å². The number of carbonyl (C=O) groups excluding carboxylic acids is 1. The summed E-state index contributed by atoms with van der Waals surface area (Å²) in [4.78, 5) is 34.0. The number of anilines is 1. The van der Waals surface area contributed by atoms with Crippen LogP contribution < -0.4 is 4.90 Å². The van der Waals surface area contributed by atoms with Crippen molar-refractivity contribution in [3.8, 4) is 22.5 Å². The van der Waals surface area contributed by atoms with Crippen LogP contribution >= 0.6 is 11.6 Å². The molecule has 0 unspecified atom stereocenters. The van der Waals surface area contributed by atoms with Gasteiger partial charge in [0, 0.05) is 55.9 Å². The molecule has 0 spiro atoms. The van der Waals surface area contributed by atoms with Crippen LogP contribution in [0.2, 0.25) is 5.02 Å². The van der Waals surface area contributed by atoms with E-state index in [1.807, 2.05) is 4.90 Å². The van der Waals surface area contributed by atoms with Crippen molar-refractivity contribution in [1.29, 1.82) is 0 Å². The summed E-state index contributed by atoms with van der Waals surface area (Å²) in [7, 11) is 0. The van der Waals surface area contributed by atoms with Gasteiger partial charge in [0.15, 0.2) is 0 Å². The Kier molecular flexibility index (Phi) is 6.75. The SMILES string of the molecule is O=C(c1ccccn1)N1CCN(c2cnc(-c3ccc(C(F)(F)F)cc3)c(-c3ccncc3Cl)n2)CC1. The molecule has 37 heavy (non-hydrogen) atoms. The Balaban J connectivity index is 1.44. The number of amides is 1. The highest BCUT2D eigenvalue weighted by Crippen LogP contribution is 2.36. The lowest BCUT2D eigenvalue weighted by atomic mass is 10.0. The molecular weight excluding hydrogens is 505 g/mol. The number of benzene rings is 1. The fraction of sp³-hybridized carbons (Fsp3) is 0.192. The van der Waals surface area contributed by atoms with Crippen molar-refractivity contribution in [2.75, 3.05) is 31.1 Å². The topological polar surface area (TPSA) is 75.1 Å². The Bertz CT molecular complexity index is 1410. The third kappa shape index (κ3) is 5.24.